The predicted octanol–water partition coefficient (Wildman–Crippen LogP) is 1.86. The fraction of sp³-hybridized carbons (Fsp3) is 0.214. The lowest BCUT2D eigenvalue weighted by Gasteiger charge is -2.20. The number of nitrogens with zero attached hydrogens (tertiary/aromatic N) is 1. The molecule has 0 radical (unpaired) electrons. The molecule has 0 fully saturated rings. The SMILES string of the molecule is Cc1ccnc(N)c1C(Cc1ccccc1F)NN. The van der Waals surface area contributed by atoms with Crippen molar-refractivity contribution in [2.24, 2.45) is 5.84 Å². The van der Waals surface area contributed by atoms with E-state index in [0.717, 1.165) is 11.1 Å². The number of aromatic nitrogens is 1. The Morgan fingerprint density at radius 2 is 2.05 bits per heavy atom. The van der Waals surface area contributed by atoms with Gasteiger partial charge in [-0.2, -0.15) is 0 Å². The summed E-state index contributed by atoms with van der Waals surface area (Å²) < 4.78 is 13.7. The number of benzene rings is 1. The fourth-order valence-electron chi connectivity index (χ4n) is 2.17. The van der Waals surface area contributed by atoms with Crippen molar-refractivity contribution in [3.05, 3.63) is 59.0 Å². The van der Waals surface area contributed by atoms with Gasteiger partial charge in [0, 0.05) is 11.8 Å². The molecule has 0 aliphatic heterocycles. The second kappa shape index (κ2) is 5.77. The Hall–Kier alpha value is -1.98. The number of nitrogen functional groups attached to an aromatic ring is 1. The van der Waals surface area contributed by atoms with Crippen LogP contribution in [0.15, 0.2) is 36.5 Å². The van der Waals surface area contributed by atoms with Crippen molar-refractivity contribution in [3.8, 4) is 0 Å². The third-order valence-electron chi connectivity index (χ3n) is 3.17. The Kier molecular flexibility index (Phi) is 4.09. The first-order valence-electron chi connectivity index (χ1n) is 6.04. The van der Waals surface area contributed by atoms with Crippen LogP contribution in [0.2, 0.25) is 0 Å². The highest BCUT2D eigenvalue weighted by Crippen LogP contribution is 2.25. The highest BCUT2D eigenvalue weighted by atomic mass is 19.1. The van der Waals surface area contributed by atoms with Gasteiger partial charge in [-0.1, -0.05) is 18.2 Å². The van der Waals surface area contributed by atoms with Crippen LogP contribution in [0, 0.1) is 12.7 Å². The molecule has 2 rings (SSSR count). The van der Waals surface area contributed by atoms with Crippen LogP contribution < -0.4 is 17.0 Å². The average Bonchev–Trinajstić information content (AvgIpc) is 2.39. The predicted molar refractivity (Wildman–Crippen MR) is 73.6 cm³/mol. The summed E-state index contributed by atoms with van der Waals surface area (Å²) in [6, 6.07) is 8.21. The molecule has 0 saturated carbocycles. The lowest BCUT2D eigenvalue weighted by Crippen LogP contribution is -2.31. The molecule has 19 heavy (non-hydrogen) atoms. The summed E-state index contributed by atoms with van der Waals surface area (Å²) in [5.74, 6) is 5.75. The topological polar surface area (TPSA) is 77.0 Å². The molecule has 1 atom stereocenters. The number of hydrazine groups is 1. The molecule has 0 aliphatic carbocycles. The molecular weight excluding hydrogens is 243 g/mol. The summed E-state index contributed by atoms with van der Waals surface area (Å²) in [5, 5.41) is 0. The lowest BCUT2D eigenvalue weighted by molar-refractivity contribution is 0.527. The molecule has 1 unspecified atom stereocenters. The molecule has 1 aromatic heterocycles. The van der Waals surface area contributed by atoms with E-state index in [0.29, 0.717) is 17.8 Å². The first-order chi connectivity index (χ1) is 9.13. The second-order valence-corrected chi connectivity index (χ2v) is 4.44. The second-order valence-electron chi connectivity index (χ2n) is 4.44. The zero-order valence-electron chi connectivity index (χ0n) is 10.7. The van der Waals surface area contributed by atoms with E-state index in [9.17, 15) is 4.39 Å². The molecular formula is C14H17FN4. The van der Waals surface area contributed by atoms with Crippen LogP contribution >= 0.6 is 0 Å². The van der Waals surface area contributed by atoms with Crippen molar-refractivity contribution in [3.63, 3.8) is 0 Å². The highest BCUT2D eigenvalue weighted by molar-refractivity contribution is 5.46. The van der Waals surface area contributed by atoms with E-state index in [1.54, 1.807) is 24.4 Å². The van der Waals surface area contributed by atoms with Crippen LogP contribution in [-0.4, -0.2) is 4.98 Å². The third-order valence-corrected chi connectivity index (χ3v) is 3.17. The summed E-state index contributed by atoms with van der Waals surface area (Å²) in [6.45, 7) is 1.93. The van der Waals surface area contributed by atoms with Gasteiger partial charge in [-0.3, -0.25) is 11.3 Å². The van der Waals surface area contributed by atoms with E-state index in [2.05, 4.69) is 10.4 Å². The number of hydrogen-bond acceptors (Lipinski definition) is 4. The molecule has 0 aliphatic rings. The normalized spacial score (nSPS) is 12.4. The van der Waals surface area contributed by atoms with Crippen molar-refractivity contribution >= 4 is 5.82 Å². The van der Waals surface area contributed by atoms with E-state index >= 15 is 0 Å². The standard InChI is InChI=1S/C14H17FN4/c1-9-6-7-18-14(16)13(9)12(19-17)8-10-4-2-3-5-11(10)15/h2-7,12,19H,8,17H2,1H3,(H2,16,18). The number of aryl methyl sites for hydroxylation is 1. The van der Waals surface area contributed by atoms with Gasteiger partial charge in [0.1, 0.15) is 11.6 Å². The van der Waals surface area contributed by atoms with Crippen LogP contribution in [0.4, 0.5) is 10.2 Å². The first-order valence-corrected chi connectivity index (χ1v) is 6.04. The van der Waals surface area contributed by atoms with Crippen LogP contribution in [0.25, 0.3) is 0 Å². The summed E-state index contributed by atoms with van der Waals surface area (Å²) >= 11 is 0. The Labute approximate surface area is 111 Å². The summed E-state index contributed by atoms with van der Waals surface area (Å²) in [6.07, 6.45) is 2.06. The molecule has 0 amide bonds. The van der Waals surface area contributed by atoms with Crippen LogP contribution in [0.5, 0.6) is 0 Å². The molecule has 0 bridgehead atoms. The van der Waals surface area contributed by atoms with Gasteiger partial charge >= 0.3 is 0 Å². The van der Waals surface area contributed by atoms with Gasteiger partial charge in [-0.15, -0.1) is 0 Å². The Balaban J connectivity index is 2.34. The smallest absolute Gasteiger partial charge is 0.128 e. The molecule has 1 heterocycles. The van der Waals surface area contributed by atoms with Crippen LogP contribution in [0.1, 0.15) is 22.7 Å². The molecule has 0 saturated heterocycles. The lowest BCUT2D eigenvalue weighted by atomic mass is 9.96. The monoisotopic (exact) mass is 260 g/mol. The maximum atomic E-state index is 13.7. The minimum absolute atomic E-state index is 0.247. The number of anilines is 1. The highest BCUT2D eigenvalue weighted by Gasteiger charge is 2.18. The number of nitrogens with one attached hydrogen (secondary N) is 1. The third kappa shape index (κ3) is 2.89. The Morgan fingerprint density at radius 1 is 1.32 bits per heavy atom. The number of pyridine rings is 1. The van der Waals surface area contributed by atoms with Crippen molar-refractivity contribution in [1.29, 1.82) is 0 Å². The number of rotatable bonds is 4. The largest absolute Gasteiger partial charge is 0.383 e. The van der Waals surface area contributed by atoms with Crippen LogP contribution in [-0.2, 0) is 6.42 Å². The van der Waals surface area contributed by atoms with Gasteiger partial charge in [0.25, 0.3) is 0 Å². The van der Waals surface area contributed by atoms with Gasteiger partial charge < -0.3 is 5.73 Å². The van der Waals surface area contributed by atoms with Gasteiger partial charge in [-0.25, -0.2) is 9.37 Å². The van der Waals surface area contributed by atoms with E-state index < -0.39 is 0 Å². The van der Waals surface area contributed by atoms with Crippen molar-refractivity contribution in [1.82, 2.24) is 10.4 Å². The zero-order chi connectivity index (χ0) is 13.8. The quantitative estimate of drug-likeness (QED) is 0.579. The van der Waals surface area contributed by atoms with Crippen LogP contribution in [0.3, 0.4) is 0 Å². The van der Waals surface area contributed by atoms with Gasteiger partial charge in [-0.05, 0) is 36.6 Å². The van der Waals surface area contributed by atoms with E-state index in [1.807, 2.05) is 13.0 Å². The molecule has 0 spiro atoms. The molecule has 5 N–H and O–H groups in total. The number of halogens is 1. The van der Waals surface area contributed by atoms with Crippen molar-refractivity contribution < 1.29 is 4.39 Å². The van der Waals surface area contributed by atoms with E-state index in [-0.39, 0.29) is 11.9 Å². The minimum Gasteiger partial charge on any atom is -0.383 e. The first kappa shape index (κ1) is 13.5. The number of nitrogens with two attached hydrogens (primary N) is 2. The fourth-order valence-corrected chi connectivity index (χ4v) is 2.17. The minimum atomic E-state index is -0.273. The van der Waals surface area contributed by atoms with Crippen molar-refractivity contribution in [2.45, 2.75) is 19.4 Å². The molecule has 5 heteroatoms. The summed E-state index contributed by atoms with van der Waals surface area (Å²) in [5.41, 5.74) is 11.0. The molecule has 2 aromatic rings. The van der Waals surface area contributed by atoms with Crippen molar-refractivity contribution in [2.75, 3.05) is 5.73 Å². The molecule has 4 nitrogen and oxygen atoms in total. The maximum absolute atomic E-state index is 13.7. The Morgan fingerprint density at radius 3 is 2.68 bits per heavy atom. The van der Waals surface area contributed by atoms with Gasteiger partial charge in [0.05, 0.1) is 6.04 Å². The number of hydrogen-bond donors (Lipinski definition) is 3. The Bertz CT molecular complexity index is 551. The van der Waals surface area contributed by atoms with E-state index in [4.69, 9.17) is 11.6 Å². The maximum Gasteiger partial charge on any atom is 0.128 e. The zero-order valence-corrected chi connectivity index (χ0v) is 10.7. The summed E-state index contributed by atoms with van der Waals surface area (Å²) in [7, 11) is 0. The van der Waals surface area contributed by atoms with Gasteiger partial charge in [0.2, 0.25) is 0 Å². The summed E-state index contributed by atoms with van der Waals surface area (Å²) in [4.78, 5) is 4.06. The van der Waals surface area contributed by atoms with E-state index in [1.165, 1.54) is 6.07 Å². The molecule has 100 valence electrons. The average molecular weight is 260 g/mol. The molecule has 1 aromatic carbocycles. The van der Waals surface area contributed by atoms with Gasteiger partial charge in [0.15, 0.2) is 0 Å².